The summed E-state index contributed by atoms with van der Waals surface area (Å²) in [6, 6.07) is 14.0. The molecule has 0 aliphatic carbocycles. The van der Waals surface area contributed by atoms with Gasteiger partial charge in [-0.2, -0.15) is 0 Å². The van der Waals surface area contributed by atoms with Crippen molar-refractivity contribution in [1.29, 1.82) is 0 Å². The molecule has 0 aromatic heterocycles. The first-order valence-corrected chi connectivity index (χ1v) is 8.70. The Morgan fingerprint density at radius 3 is 2.45 bits per heavy atom. The van der Waals surface area contributed by atoms with Crippen LogP contribution in [0, 0.1) is 0 Å². The Hall–Kier alpha value is -1.10. The summed E-state index contributed by atoms with van der Waals surface area (Å²) in [6.07, 6.45) is 1.13. The van der Waals surface area contributed by atoms with E-state index in [-0.39, 0.29) is 0 Å². The molecular weight excluding hydrogens is 380 g/mol. The van der Waals surface area contributed by atoms with Gasteiger partial charge in [-0.15, -0.1) is 0 Å². The minimum atomic E-state index is 0.514. The second kappa shape index (κ2) is 7.95. The number of nitrogens with one attached hydrogen (secondary N) is 2. The molecule has 5 heteroatoms. The van der Waals surface area contributed by atoms with E-state index in [2.05, 4.69) is 52.5 Å². The highest BCUT2D eigenvalue weighted by molar-refractivity contribution is 9.10. The van der Waals surface area contributed by atoms with Crippen LogP contribution in [-0.2, 0) is 0 Å². The third-order valence-corrected chi connectivity index (χ3v) is 4.54. The zero-order valence-electron chi connectivity index (χ0n) is 12.5. The Bertz CT molecular complexity index is 658. The number of thiocarbonyl (C=S) groups is 1. The molecule has 22 heavy (non-hydrogen) atoms. The van der Waals surface area contributed by atoms with Crippen molar-refractivity contribution in [3.05, 3.63) is 57.5 Å². The van der Waals surface area contributed by atoms with Crippen LogP contribution in [0.2, 0.25) is 5.02 Å². The molecule has 2 N–H and O–H groups in total. The molecule has 116 valence electrons. The lowest BCUT2D eigenvalue weighted by molar-refractivity contribution is 0.734. The molecule has 0 fully saturated rings. The van der Waals surface area contributed by atoms with Gasteiger partial charge in [-0.25, -0.2) is 0 Å². The minimum absolute atomic E-state index is 0.514. The third kappa shape index (κ3) is 4.70. The first kappa shape index (κ1) is 17.3. The smallest absolute Gasteiger partial charge is 0.175 e. The molecule has 0 aliphatic heterocycles. The molecule has 2 aromatic rings. The van der Waals surface area contributed by atoms with Gasteiger partial charge in [-0.05, 0) is 60.5 Å². The average Bonchev–Trinajstić information content (AvgIpc) is 2.50. The minimum Gasteiger partial charge on any atom is -0.332 e. The molecule has 0 saturated heterocycles. The summed E-state index contributed by atoms with van der Waals surface area (Å²) in [5, 5.41) is 7.40. The first-order chi connectivity index (χ1) is 10.5. The molecule has 2 nitrogen and oxygen atoms in total. The molecular formula is C17H18BrClN2S. The highest BCUT2D eigenvalue weighted by Gasteiger charge is 2.05. The van der Waals surface area contributed by atoms with Crippen molar-refractivity contribution in [2.45, 2.75) is 26.2 Å². The van der Waals surface area contributed by atoms with E-state index in [9.17, 15) is 0 Å². The number of hydrogen-bond donors (Lipinski definition) is 2. The van der Waals surface area contributed by atoms with Crippen LogP contribution in [0.5, 0.6) is 0 Å². The van der Waals surface area contributed by atoms with Crippen LogP contribution in [0.3, 0.4) is 0 Å². The predicted octanol–water partition coefficient (Wildman–Crippen LogP) is 6.42. The van der Waals surface area contributed by atoms with Gasteiger partial charge in [0.2, 0.25) is 0 Å². The summed E-state index contributed by atoms with van der Waals surface area (Å²) in [5.41, 5.74) is 3.07. The van der Waals surface area contributed by atoms with Crippen LogP contribution in [-0.4, -0.2) is 5.11 Å². The molecule has 0 amide bonds. The largest absolute Gasteiger partial charge is 0.332 e. The molecule has 0 aliphatic rings. The van der Waals surface area contributed by atoms with Gasteiger partial charge >= 0.3 is 0 Å². The van der Waals surface area contributed by atoms with Gasteiger partial charge in [0, 0.05) is 10.2 Å². The van der Waals surface area contributed by atoms with Crippen molar-refractivity contribution < 1.29 is 0 Å². The van der Waals surface area contributed by atoms with Crippen LogP contribution >= 0.6 is 39.7 Å². The Balaban J connectivity index is 1.99. The standard InChI is InChI=1S/C17H18BrClN2S/c1-3-11(2)12-4-7-14(8-5-12)20-17(22)21-16-9-6-13(18)10-15(16)19/h4-11H,3H2,1-2H3,(H2,20,21,22). The number of halogens is 2. The number of anilines is 2. The fraction of sp³-hybridized carbons (Fsp3) is 0.235. The maximum Gasteiger partial charge on any atom is 0.175 e. The lowest BCUT2D eigenvalue weighted by Gasteiger charge is -2.13. The Morgan fingerprint density at radius 2 is 1.86 bits per heavy atom. The molecule has 1 atom stereocenters. The van der Waals surface area contributed by atoms with Gasteiger partial charge in [-0.1, -0.05) is 53.5 Å². The van der Waals surface area contributed by atoms with Crippen molar-refractivity contribution >= 4 is 56.2 Å². The van der Waals surface area contributed by atoms with E-state index in [0.717, 1.165) is 22.3 Å². The summed E-state index contributed by atoms with van der Waals surface area (Å²) in [5.74, 6) is 0.570. The molecule has 1 unspecified atom stereocenters. The summed E-state index contributed by atoms with van der Waals surface area (Å²) < 4.78 is 0.933. The fourth-order valence-electron chi connectivity index (χ4n) is 2.01. The normalized spacial score (nSPS) is 11.8. The summed E-state index contributed by atoms with van der Waals surface area (Å²) in [4.78, 5) is 0. The molecule has 2 rings (SSSR count). The maximum atomic E-state index is 6.17. The number of hydrogen-bond acceptors (Lipinski definition) is 1. The number of rotatable bonds is 4. The number of benzene rings is 2. The molecule has 0 heterocycles. The highest BCUT2D eigenvalue weighted by Crippen LogP contribution is 2.26. The Kier molecular flexibility index (Phi) is 6.24. The van der Waals surface area contributed by atoms with E-state index in [4.69, 9.17) is 23.8 Å². The van der Waals surface area contributed by atoms with E-state index < -0.39 is 0 Å². The van der Waals surface area contributed by atoms with Crippen molar-refractivity contribution in [2.24, 2.45) is 0 Å². The van der Waals surface area contributed by atoms with Crippen LogP contribution < -0.4 is 10.6 Å². The third-order valence-electron chi connectivity index (χ3n) is 3.53. The lowest BCUT2D eigenvalue weighted by Crippen LogP contribution is -2.19. The SMILES string of the molecule is CCC(C)c1ccc(NC(=S)Nc2ccc(Br)cc2Cl)cc1. The first-order valence-electron chi connectivity index (χ1n) is 7.12. The van der Waals surface area contributed by atoms with Crippen LogP contribution in [0.1, 0.15) is 31.7 Å². The Labute approximate surface area is 150 Å². The topological polar surface area (TPSA) is 24.1 Å². The summed E-state index contributed by atoms with van der Waals surface area (Å²) in [6.45, 7) is 4.42. The highest BCUT2D eigenvalue weighted by atomic mass is 79.9. The quantitative estimate of drug-likeness (QED) is 0.582. The van der Waals surface area contributed by atoms with Gasteiger partial charge in [0.1, 0.15) is 0 Å². The van der Waals surface area contributed by atoms with Gasteiger partial charge in [-0.3, -0.25) is 0 Å². The maximum absolute atomic E-state index is 6.17. The Morgan fingerprint density at radius 1 is 1.18 bits per heavy atom. The van der Waals surface area contributed by atoms with Crippen LogP contribution in [0.25, 0.3) is 0 Å². The van der Waals surface area contributed by atoms with E-state index >= 15 is 0 Å². The molecule has 2 aromatic carbocycles. The second-order valence-corrected chi connectivity index (χ2v) is 6.87. The average molecular weight is 398 g/mol. The van der Waals surface area contributed by atoms with Crippen molar-refractivity contribution in [1.82, 2.24) is 0 Å². The van der Waals surface area contributed by atoms with Crippen LogP contribution in [0.4, 0.5) is 11.4 Å². The summed E-state index contributed by atoms with van der Waals surface area (Å²) in [7, 11) is 0. The zero-order valence-corrected chi connectivity index (χ0v) is 15.6. The van der Waals surface area contributed by atoms with Gasteiger partial charge in [0.05, 0.1) is 10.7 Å². The van der Waals surface area contributed by atoms with E-state index in [1.54, 1.807) is 0 Å². The fourth-order valence-corrected chi connectivity index (χ4v) is 2.95. The van der Waals surface area contributed by atoms with Crippen molar-refractivity contribution in [3.63, 3.8) is 0 Å². The van der Waals surface area contributed by atoms with Gasteiger partial charge in [0.15, 0.2) is 5.11 Å². The molecule has 0 saturated carbocycles. The zero-order chi connectivity index (χ0) is 16.1. The summed E-state index contributed by atoms with van der Waals surface area (Å²) >= 11 is 14.9. The van der Waals surface area contributed by atoms with Gasteiger partial charge in [0.25, 0.3) is 0 Å². The van der Waals surface area contributed by atoms with E-state index in [0.29, 0.717) is 16.1 Å². The lowest BCUT2D eigenvalue weighted by atomic mass is 9.99. The predicted molar refractivity (Wildman–Crippen MR) is 104 cm³/mol. The van der Waals surface area contributed by atoms with Gasteiger partial charge < -0.3 is 10.6 Å². The second-order valence-electron chi connectivity index (χ2n) is 5.13. The monoisotopic (exact) mass is 396 g/mol. The van der Waals surface area contributed by atoms with Crippen molar-refractivity contribution in [2.75, 3.05) is 10.6 Å². The molecule has 0 radical (unpaired) electrons. The van der Waals surface area contributed by atoms with Crippen LogP contribution in [0.15, 0.2) is 46.9 Å². The van der Waals surface area contributed by atoms with E-state index in [1.807, 2.05) is 30.3 Å². The van der Waals surface area contributed by atoms with Crippen molar-refractivity contribution in [3.8, 4) is 0 Å². The van der Waals surface area contributed by atoms with E-state index in [1.165, 1.54) is 5.56 Å². The molecule has 0 bridgehead atoms. The molecule has 0 spiro atoms.